The Balaban J connectivity index is 2.46. The van der Waals surface area contributed by atoms with Crippen LogP contribution < -0.4 is 9.04 Å². The monoisotopic (exact) mass is 291 g/mol. The first-order valence-electron chi connectivity index (χ1n) is 6.15. The van der Waals surface area contributed by atoms with Crippen LogP contribution in [-0.2, 0) is 10.0 Å². The Hall–Kier alpha value is -2.01. The lowest BCUT2D eigenvalue weighted by Crippen LogP contribution is -2.26. The summed E-state index contributed by atoms with van der Waals surface area (Å²) in [6.07, 6.45) is 0. The van der Waals surface area contributed by atoms with Crippen molar-refractivity contribution in [3.63, 3.8) is 0 Å². The summed E-state index contributed by atoms with van der Waals surface area (Å²) in [5.74, 6) is 0.519. The van der Waals surface area contributed by atoms with Crippen LogP contribution in [0.3, 0.4) is 0 Å². The molecule has 0 bridgehead atoms. The first-order chi connectivity index (χ1) is 9.46. The summed E-state index contributed by atoms with van der Waals surface area (Å²) >= 11 is 0. The lowest BCUT2D eigenvalue weighted by Gasteiger charge is -2.21. The molecule has 0 aliphatic heterocycles. The minimum absolute atomic E-state index is 0.261. The van der Waals surface area contributed by atoms with Crippen molar-refractivity contribution in [2.45, 2.75) is 11.8 Å². The number of para-hydroxylation sites is 2. The van der Waals surface area contributed by atoms with E-state index in [1.54, 1.807) is 48.5 Å². The number of benzene rings is 2. The average molecular weight is 291 g/mol. The molecule has 2 rings (SSSR count). The molecule has 0 atom stereocenters. The van der Waals surface area contributed by atoms with E-state index in [1.165, 1.54) is 18.5 Å². The minimum Gasteiger partial charge on any atom is -0.495 e. The highest BCUT2D eigenvalue weighted by molar-refractivity contribution is 7.92. The number of hydrogen-bond acceptors (Lipinski definition) is 3. The third kappa shape index (κ3) is 2.63. The van der Waals surface area contributed by atoms with Gasteiger partial charge in [-0.2, -0.15) is 0 Å². The van der Waals surface area contributed by atoms with Crippen molar-refractivity contribution >= 4 is 15.7 Å². The molecule has 0 heterocycles. The van der Waals surface area contributed by atoms with Crippen LogP contribution in [0.4, 0.5) is 5.69 Å². The molecule has 0 fully saturated rings. The number of aryl methyl sites for hydroxylation is 1. The molecule has 0 aromatic heterocycles. The Labute approximate surface area is 119 Å². The summed E-state index contributed by atoms with van der Waals surface area (Å²) in [6.45, 7) is 1.92. The highest BCUT2D eigenvalue weighted by Gasteiger charge is 2.23. The molecule has 0 unspecified atom stereocenters. The molecule has 0 aliphatic carbocycles. The fraction of sp³-hybridized carbons (Fsp3) is 0.200. The van der Waals surface area contributed by atoms with Gasteiger partial charge >= 0.3 is 0 Å². The number of rotatable bonds is 4. The van der Waals surface area contributed by atoms with Crippen LogP contribution in [0.15, 0.2) is 53.4 Å². The zero-order valence-electron chi connectivity index (χ0n) is 11.7. The summed E-state index contributed by atoms with van der Waals surface area (Å²) in [4.78, 5) is 0.261. The molecule has 20 heavy (non-hydrogen) atoms. The Morgan fingerprint density at radius 3 is 2.20 bits per heavy atom. The molecule has 106 valence electrons. The number of ether oxygens (including phenoxy) is 1. The van der Waals surface area contributed by atoms with Crippen molar-refractivity contribution in [3.05, 3.63) is 54.1 Å². The van der Waals surface area contributed by atoms with Gasteiger partial charge in [0.2, 0.25) is 0 Å². The summed E-state index contributed by atoms with van der Waals surface area (Å²) in [5.41, 5.74) is 1.53. The molecular formula is C15H17NO3S. The Bertz CT molecular complexity index is 693. The van der Waals surface area contributed by atoms with Gasteiger partial charge in [-0.05, 0) is 31.2 Å². The SMILES string of the molecule is COc1ccccc1N(C)S(=O)(=O)c1ccc(C)cc1. The molecule has 0 amide bonds. The van der Waals surface area contributed by atoms with E-state index in [0.717, 1.165) is 5.56 Å². The normalized spacial score (nSPS) is 11.2. The van der Waals surface area contributed by atoms with E-state index >= 15 is 0 Å². The summed E-state index contributed by atoms with van der Waals surface area (Å²) in [6, 6.07) is 13.8. The largest absolute Gasteiger partial charge is 0.495 e. The van der Waals surface area contributed by atoms with Gasteiger partial charge in [0.1, 0.15) is 5.75 Å². The topological polar surface area (TPSA) is 46.6 Å². The molecule has 0 spiro atoms. The van der Waals surface area contributed by atoms with Crippen molar-refractivity contribution in [1.82, 2.24) is 0 Å². The van der Waals surface area contributed by atoms with Crippen molar-refractivity contribution in [2.24, 2.45) is 0 Å². The van der Waals surface area contributed by atoms with Gasteiger partial charge in [-0.3, -0.25) is 4.31 Å². The molecule has 4 nitrogen and oxygen atoms in total. The van der Waals surface area contributed by atoms with E-state index in [4.69, 9.17) is 4.74 Å². The number of nitrogens with zero attached hydrogens (tertiary/aromatic N) is 1. The number of sulfonamides is 1. The fourth-order valence-electron chi connectivity index (χ4n) is 1.89. The van der Waals surface area contributed by atoms with Crippen LogP contribution in [0.25, 0.3) is 0 Å². The van der Waals surface area contributed by atoms with E-state index in [2.05, 4.69) is 0 Å². The van der Waals surface area contributed by atoms with Gasteiger partial charge in [-0.15, -0.1) is 0 Å². The summed E-state index contributed by atoms with van der Waals surface area (Å²) in [7, 11) is -0.548. The quantitative estimate of drug-likeness (QED) is 0.870. The van der Waals surface area contributed by atoms with E-state index in [1.807, 2.05) is 6.92 Å². The third-order valence-corrected chi connectivity index (χ3v) is 4.89. The van der Waals surface area contributed by atoms with Gasteiger partial charge in [0.25, 0.3) is 10.0 Å². The zero-order chi connectivity index (χ0) is 14.8. The lowest BCUT2D eigenvalue weighted by molar-refractivity contribution is 0.416. The van der Waals surface area contributed by atoms with E-state index < -0.39 is 10.0 Å². The van der Waals surface area contributed by atoms with Gasteiger partial charge in [0, 0.05) is 7.05 Å². The van der Waals surface area contributed by atoms with Crippen LogP contribution in [0.1, 0.15) is 5.56 Å². The van der Waals surface area contributed by atoms with Crippen molar-refractivity contribution in [2.75, 3.05) is 18.5 Å². The Kier molecular flexibility index (Phi) is 3.99. The second-order valence-corrected chi connectivity index (χ2v) is 6.43. The van der Waals surface area contributed by atoms with Gasteiger partial charge in [0.15, 0.2) is 0 Å². The molecule has 0 radical (unpaired) electrons. The lowest BCUT2D eigenvalue weighted by atomic mass is 10.2. The van der Waals surface area contributed by atoms with Gasteiger partial charge in [0.05, 0.1) is 17.7 Å². The first kappa shape index (κ1) is 14.4. The molecule has 5 heteroatoms. The maximum atomic E-state index is 12.6. The van der Waals surface area contributed by atoms with Crippen LogP contribution >= 0.6 is 0 Å². The fourth-order valence-corrected chi connectivity index (χ4v) is 3.09. The van der Waals surface area contributed by atoms with Crippen molar-refractivity contribution < 1.29 is 13.2 Å². The second kappa shape index (κ2) is 5.54. The van der Waals surface area contributed by atoms with E-state index in [9.17, 15) is 8.42 Å². The zero-order valence-corrected chi connectivity index (χ0v) is 12.5. The van der Waals surface area contributed by atoms with E-state index in [-0.39, 0.29) is 4.90 Å². The van der Waals surface area contributed by atoms with Gasteiger partial charge in [-0.1, -0.05) is 29.8 Å². The molecule has 2 aromatic rings. The Morgan fingerprint density at radius 2 is 1.60 bits per heavy atom. The predicted molar refractivity (Wildman–Crippen MR) is 79.8 cm³/mol. The molecule has 0 aliphatic rings. The predicted octanol–water partition coefficient (Wildman–Crippen LogP) is 2.83. The number of hydrogen-bond donors (Lipinski definition) is 0. The summed E-state index contributed by atoms with van der Waals surface area (Å²) < 4.78 is 31.6. The molecule has 0 saturated carbocycles. The highest BCUT2D eigenvalue weighted by atomic mass is 32.2. The van der Waals surface area contributed by atoms with Crippen molar-refractivity contribution in [1.29, 1.82) is 0 Å². The van der Waals surface area contributed by atoms with Gasteiger partial charge in [-0.25, -0.2) is 8.42 Å². The molecular weight excluding hydrogens is 274 g/mol. The minimum atomic E-state index is -3.59. The van der Waals surface area contributed by atoms with Crippen LogP contribution in [0, 0.1) is 6.92 Å². The van der Waals surface area contributed by atoms with Crippen LogP contribution in [0.5, 0.6) is 5.75 Å². The maximum absolute atomic E-state index is 12.6. The first-order valence-corrected chi connectivity index (χ1v) is 7.59. The highest BCUT2D eigenvalue weighted by Crippen LogP contribution is 2.30. The van der Waals surface area contributed by atoms with E-state index in [0.29, 0.717) is 11.4 Å². The van der Waals surface area contributed by atoms with Gasteiger partial charge < -0.3 is 4.74 Å². The molecule has 0 N–H and O–H groups in total. The van der Waals surface area contributed by atoms with Crippen LogP contribution in [0.2, 0.25) is 0 Å². The maximum Gasteiger partial charge on any atom is 0.264 e. The third-order valence-electron chi connectivity index (χ3n) is 3.10. The number of anilines is 1. The molecule has 2 aromatic carbocycles. The smallest absolute Gasteiger partial charge is 0.264 e. The average Bonchev–Trinajstić information content (AvgIpc) is 2.46. The molecule has 0 saturated heterocycles. The van der Waals surface area contributed by atoms with Crippen LogP contribution in [-0.4, -0.2) is 22.6 Å². The standard InChI is InChI=1S/C15H17NO3S/c1-12-8-10-13(11-9-12)20(17,18)16(2)14-6-4-5-7-15(14)19-3/h4-11H,1-3H3. The number of methoxy groups -OCH3 is 1. The second-order valence-electron chi connectivity index (χ2n) is 4.46. The summed E-state index contributed by atoms with van der Waals surface area (Å²) in [5, 5.41) is 0. The Morgan fingerprint density at radius 1 is 1.00 bits per heavy atom. The van der Waals surface area contributed by atoms with Crippen molar-refractivity contribution in [3.8, 4) is 5.75 Å².